The fraction of sp³-hybridized carbons (Fsp3) is 0.954. The normalized spacial score (nSPS) is 29.2. The van der Waals surface area contributed by atoms with E-state index in [0.717, 1.165) is 44.9 Å². The second kappa shape index (κ2) is 48.4. The van der Waals surface area contributed by atoms with Crippen LogP contribution in [-0.2, 0) is 33.2 Å². The summed E-state index contributed by atoms with van der Waals surface area (Å²) in [6, 6.07) is -0.967. The number of allylic oxidation sites excluding steroid dienone is 1. The minimum atomic E-state index is -1.97. The van der Waals surface area contributed by atoms with Crippen molar-refractivity contribution >= 4 is 5.91 Å². The number of aliphatic hydroxyl groups excluding tert-OH is 11. The lowest BCUT2D eigenvalue weighted by Gasteiger charge is -2.48. The van der Waals surface area contributed by atoms with Crippen molar-refractivity contribution < 1.29 is 89.4 Å². The van der Waals surface area contributed by atoms with Crippen LogP contribution >= 0.6 is 0 Å². The van der Waals surface area contributed by atoms with E-state index in [9.17, 15) is 61.0 Å². The van der Waals surface area contributed by atoms with Gasteiger partial charge in [-0.15, -0.1) is 0 Å². The van der Waals surface area contributed by atoms with Crippen molar-refractivity contribution in [1.82, 2.24) is 5.32 Å². The predicted octanol–water partition coefficient (Wildman–Crippen LogP) is 8.11. The Hall–Kier alpha value is -1.47. The monoisotopic (exact) mass is 1210 g/mol. The Balaban J connectivity index is 1.38. The van der Waals surface area contributed by atoms with Gasteiger partial charge in [-0.05, 0) is 19.3 Å². The number of amides is 1. The van der Waals surface area contributed by atoms with Crippen LogP contribution in [0.4, 0.5) is 0 Å². The summed E-state index contributed by atoms with van der Waals surface area (Å²) in [7, 11) is 0. The van der Waals surface area contributed by atoms with E-state index in [1.165, 1.54) is 193 Å². The third-order valence-corrected chi connectivity index (χ3v) is 17.3. The van der Waals surface area contributed by atoms with Crippen LogP contribution in [0.5, 0.6) is 0 Å². The second-order valence-corrected chi connectivity index (χ2v) is 24.7. The average molecular weight is 1210 g/mol. The van der Waals surface area contributed by atoms with Crippen LogP contribution in [0.2, 0.25) is 0 Å². The van der Waals surface area contributed by atoms with Gasteiger partial charge in [0.1, 0.15) is 73.2 Å². The predicted molar refractivity (Wildman–Crippen MR) is 323 cm³/mol. The topological polar surface area (TPSA) is 307 Å². The van der Waals surface area contributed by atoms with Crippen molar-refractivity contribution in [3.8, 4) is 0 Å². The molecular weight excluding hydrogens is 1080 g/mol. The maximum Gasteiger partial charge on any atom is 0.220 e. The molecule has 3 saturated heterocycles. The highest BCUT2D eigenvalue weighted by atomic mass is 16.8. The number of hydrogen-bond donors (Lipinski definition) is 12. The van der Waals surface area contributed by atoms with Crippen molar-refractivity contribution in [1.29, 1.82) is 0 Å². The highest BCUT2D eigenvalue weighted by Gasteiger charge is 2.53. The standard InChI is InChI=1S/C65H123NO18/c1-3-5-7-9-11-13-15-16-17-18-19-20-21-22-23-24-25-26-27-28-29-30-31-32-33-34-36-38-40-42-49(70)48(66-53(71)43-41-39-37-35-14-12-10-8-6-4-2)47-79-63-59(77)56(74)61(51(45-68)81-63)84-65-60(78)57(75)62(52(46-69)82-65)83-64-58(76)55(73)54(72)50(44-67)80-64/h40,42,48-52,54-65,67-70,72-78H,3-39,41,43-47H2,1-2H3,(H,66,71)/b42-40+. The van der Waals surface area contributed by atoms with Crippen molar-refractivity contribution in [2.75, 3.05) is 26.4 Å². The van der Waals surface area contributed by atoms with Crippen molar-refractivity contribution in [3.63, 3.8) is 0 Å². The molecule has 3 aliphatic heterocycles. The first-order chi connectivity index (χ1) is 40.8. The van der Waals surface area contributed by atoms with Gasteiger partial charge in [-0.1, -0.05) is 251 Å². The lowest BCUT2D eigenvalue weighted by atomic mass is 9.96. The molecule has 0 aromatic heterocycles. The summed E-state index contributed by atoms with van der Waals surface area (Å²) in [6.45, 7) is 1.73. The van der Waals surface area contributed by atoms with Crippen molar-refractivity contribution in [2.24, 2.45) is 0 Å². The third kappa shape index (κ3) is 30.8. The molecule has 0 bridgehead atoms. The minimum Gasteiger partial charge on any atom is -0.394 e. The number of nitrogens with one attached hydrogen (secondary N) is 1. The van der Waals surface area contributed by atoms with Gasteiger partial charge in [-0.25, -0.2) is 0 Å². The lowest BCUT2D eigenvalue weighted by molar-refractivity contribution is -0.379. The summed E-state index contributed by atoms with van der Waals surface area (Å²) >= 11 is 0. The van der Waals surface area contributed by atoms with E-state index in [4.69, 9.17) is 28.4 Å². The van der Waals surface area contributed by atoms with E-state index in [-0.39, 0.29) is 18.9 Å². The molecule has 3 fully saturated rings. The number of aliphatic hydroxyl groups is 11. The van der Waals surface area contributed by atoms with E-state index >= 15 is 0 Å². The summed E-state index contributed by atoms with van der Waals surface area (Å²) in [5.41, 5.74) is 0. The molecule has 0 aromatic rings. The lowest BCUT2D eigenvalue weighted by Crippen LogP contribution is -2.66. The summed E-state index contributed by atoms with van der Waals surface area (Å²) in [5, 5.41) is 120. The molecule has 17 unspecified atom stereocenters. The molecule has 19 heteroatoms. The van der Waals surface area contributed by atoms with E-state index in [1.54, 1.807) is 6.08 Å². The first kappa shape index (κ1) is 76.8. The molecule has 3 aliphatic rings. The number of unbranched alkanes of at least 4 members (excludes halogenated alkanes) is 36. The summed E-state index contributed by atoms with van der Waals surface area (Å²) in [4.78, 5) is 13.3. The average Bonchev–Trinajstić information content (AvgIpc) is 3.63. The molecule has 0 radical (unpaired) electrons. The van der Waals surface area contributed by atoms with Gasteiger partial charge in [-0.3, -0.25) is 4.79 Å². The second-order valence-electron chi connectivity index (χ2n) is 24.7. The Morgan fingerprint density at radius 3 is 1.12 bits per heavy atom. The number of carbonyl (C=O) groups excluding carboxylic acids is 1. The molecule has 1 amide bonds. The van der Waals surface area contributed by atoms with Gasteiger partial charge in [0.15, 0.2) is 18.9 Å². The summed E-state index contributed by atoms with van der Waals surface area (Å²) in [6.07, 6.45) is 25.1. The zero-order chi connectivity index (χ0) is 61.2. The Morgan fingerprint density at radius 1 is 0.417 bits per heavy atom. The molecule has 0 aliphatic carbocycles. The Morgan fingerprint density at radius 2 is 0.738 bits per heavy atom. The molecule has 3 heterocycles. The van der Waals surface area contributed by atoms with Gasteiger partial charge in [-0.2, -0.15) is 0 Å². The highest BCUT2D eigenvalue weighted by Crippen LogP contribution is 2.33. The molecule has 17 atom stereocenters. The smallest absolute Gasteiger partial charge is 0.220 e. The van der Waals surface area contributed by atoms with Crippen LogP contribution in [0.3, 0.4) is 0 Å². The van der Waals surface area contributed by atoms with Crippen LogP contribution < -0.4 is 5.32 Å². The SMILES string of the molecule is CCCCCCCCCCCCCCCCCCCCCCCCCCCCC/C=C/C(O)C(COC1OC(CO)C(OC2OC(CO)C(OC3OC(CO)C(O)C(O)C3O)C(O)C2O)C(O)C1O)NC(=O)CCCCCCCCCCCC. The molecule has 3 rings (SSSR count). The van der Waals surface area contributed by atoms with E-state index in [2.05, 4.69) is 19.2 Å². The molecule has 12 N–H and O–H groups in total. The molecular formula is C65H123NO18. The van der Waals surface area contributed by atoms with Crippen LogP contribution in [0.1, 0.15) is 264 Å². The first-order valence-electron chi connectivity index (χ1n) is 33.9. The highest BCUT2D eigenvalue weighted by molar-refractivity contribution is 5.76. The van der Waals surface area contributed by atoms with Gasteiger partial charge in [0, 0.05) is 6.42 Å². The van der Waals surface area contributed by atoms with Gasteiger partial charge >= 0.3 is 0 Å². The van der Waals surface area contributed by atoms with E-state index < -0.39 is 124 Å². The molecule has 0 aromatic carbocycles. The largest absolute Gasteiger partial charge is 0.394 e. The van der Waals surface area contributed by atoms with Crippen molar-refractivity contribution in [3.05, 3.63) is 12.2 Å². The molecule has 84 heavy (non-hydrogen) atoms. The van der Waals surface area contributed by atoms with Crippen LogP contribution in [0.25, 0.3) is 0 Å². The Kier molecular flexibility index (Phi) is 44.2. The Bertz CT molecular complexity index is 1580. The number of rotatable bonds is 52. The summed E-state index contributed by atoms with van der Waals surface area (Å²) < 4.78 is 34.3. The quantitative estimate of drug-likeness (QED) is 0.0202. The number of carbonyl (C=O) groups is 1. The molecule has 0 saturated carbocycles. The minimum absolute atomic E-state index is 0.247. The maximum atomic E-state index is 13.3. The maximum absolute atomic E-state index is 13.3. The zero-order valence-electron chi connectivity index (χ0n) is 52.2. The Labute approximate surface area is 506 Å². The van der Waals surface area contributed by atoms with Gasteiger partial charge < -0.3 is 89.9 Å². The number of hydrogen-bond acceptors (Lipinski definition) is 18. The fourth-order valence-corrected chi connectivity index (χ4v) is 11.8. The van der Waals surface area contributed by atoms with Crippen molar-refractivity contribution in [2.45, 2.75) is 369 Å². The van der Waals surface area contributed by atoms with Crippen LogP contribution in [0, 0.1) is 0 Å². The van der Waals surface area contributed by atoms with Gasteiger partial charge in [0.2, 0.25) is 5.91 Å². The van der Waals surface area contributed by atoms with Crippen LogP contribution in [-0.4, -0.2) is 193 Å². The molecule has 496 valence electrons. The van der Waals surface area contributed by atoms with Gasteiger partial charge in [0.05, 0.1) is 38.6 Å². The van der Waals surface area contributed by atoms with Gasteiger partial charge in [0.25, 0.3) is 0 Å². The summed E-state index contributed by atoms with van der Waals surface area (Å²) in [5.74, 6) is -0.275. The zero-order valence-corrected chi connectivity index (χ0v) is 52.2. The molecule has 0 spiro atoms. The number of ether oxygens (including phenoxy) is 6. The fourth-order valence-electron chi connectivity index (χ4n) is 11.8. The third-order valence-electron chi connectivity index (χ3n) is 17.3. The van der Waals surface area contributed by atoms with E-state index in [1.807, 2.05) is 6.08 Å². The van der Waals surface area contributed by atoms with Crippen LogP contribution in [0.15, 0.2) is 12.2 Å². The first-order valence-corrected chi connectivity index (χ1v) is 33.9. The van der Waals surface area contributed by atoms with E-state index in [0.29, 0.717) is 6.42 Å². The molecule has 19 nitrogen and oxygen atoms in total.